The first-order valence-electron chi connectivity index (χ1n) is 8.66. The molecule has 0 aliphatic carbocycles. The molecule has 0 radical (unpaired) electrons. The lowest BCUT2D eigenvalue weighted by Crippen LogP contribution is -2.30. The van der Waals surface area contributed by atoms with E-state index in [1.807, 2.05) is 43.5 Å². The van der Waals surface area contributed by atoms with Crippen molar-refractivity contribution in [1.29, 1.82) is 0 Å². The van der Waals surface area contributed by atoms with Crippen LogP contribution in [-0.4, -0.2) is 23.6 Å². The molecule has 0 saturated carbocycles. The zero-order valence-corrected chi connectivity index (χ0v) is 15.5. The zero-order chi connectivity index (χ0) is 18.3. The van der Waals surface area contributed by atoms with Crippen molar-refractivity contribution in [1.82, 2.24) is 4.90 Å². The Hall–Kier alpha value is -2.53. The molecule has 26 heavy (non-hydrogen) atoms. The number of carbonyl (C=O) groups excluding carboxylic acids is 1. The summed E-state index contributed by atoms with van der Waals surface area (Å²) in [6.45, 7) is 2.60. The minimum absolute atomic E-state index is 0.118. The minimum atomic E-state index is -0.394. The van der Waals surface area contributed by atoms with Gasteiger partial charge in [-0.05, 0) is 42.5 Å². The van der Waals surface area contributed by atoms with Crippen LogP contribution in [0.4, 0.5) is 0 Å². The maximum atomic E-state index is 13.2. The molecule has 1 unspecified atom stereocenters. The Morgan fingerprint density at radius 3 is 2.50 bits per heavy atom. The van der Waals surface area contributed by atoms with E-state index in [4.69, 9.17) is 4.42 Å². The highest BCUT2D eigenvalue weighted by Gasteiger charge is 2.42. The van der Waals surface area contributed by atoms with E-state index in [9.17, 15) is 9.59 Å². The van der Waals surface area contributed by atoms with Gasteiger partial charge in [0.2, 0.25) is 5.76 Å². The molecule has 0 N–H and O–H groups in total. The van der Waals surface area contributed by atoms with Gasteiger partial charge in [-0.2, -0.15) is 0 Å². The van der Waals surface area contributed by atoms with E-state index < -0.39 is 6.04 Å². The van der Waals surface area contributed by atoms with Crippen LogP contribution < -0.4 is 5.43 Å². The van der Waals surface area contributed by atoms with Gasteiger partial charge in [-0.15, -0.1) is 11.8 Å². The molecular formula is C21H19NO3S. The van der Waals surface area contributed by atoms with Gasteiger partial charge < -0.3 is 9.32 Å². The summed E-state index contributed by atoms with van der Waals surface area (Å²) in [6.07, 6.45) is 2.83. The van der Waals surface area contributed by atoms with Gasteiger partial charge in [0.25, 0.3) is 5.91 Å². The van der Waals surface area contributed by atoms with Gasteiger partial charge in [0.1, 0.15) is 5.58 Å². The van der Waals surface area contributed by atoms with E-state index >= 15 is 0 Å². The van der Waals surface area contributed by atoms with Gasteiger partial charge in [0, 0.05) is 11.4 Å². The van der Waals surface area contributed by atoms with Crippen LogP contribution in [0.3, 0.4) is 0 Å². The first-order chi connectivity index (χ1) is 12.7. The number of fused-ring (bicyclic) bond motifs is 2. The third kappa shape index (κ3) is 2.54. The molecule has 4 nitrogen and oxygen atoms in total. The molecule has 1 aliphatic heterocycles. The molecule has 5 heteroatoms. The van der Waals surface area contributed by atoms with E-state index in [0.29, 0.717) is 23.1 Å². The SMILES string of the molecule is CCCN1C(=O)c2oc3ccccc3c(=O)c2C1c1ccc(SC)cc1. The van der Waals surface area contributed by atoms with Gasteiger partial charge in [-0.25, -0.2) is 0 Å². The Bertz CT molecular complexity index is 1040. The van der Waals surface area contributed by atoms with E-state index in [-0.39, 0.29) is 17.1 Å². The normalized spacial score (nSPS) is 16.3. The van der Waals surface area contributed by atoms with Crippen molar-refractivity contribution in [2.75, 3.05) is 12.8 Å². The van der Waals surface area contributed by atoms with Crippen LogP contribution in [-0.2, 0) is 0 Å². The molecule has 132 valence electrons. The molecule has 0 spiro atoms. The van der Waals surface area contributed by atoms with Crippen LogP contribution in [0.25, 0.3) is 11.0 Å². The fraction of sp³-hybridized carbons (Fsp3) is 0.238. The summed E-state index contributed by atoms with van der Waals surface area (Å²) in [6, 6.07) is 14.7. The standard InChI is InChI=1S/C21H19NO3S/c1-3-12-22-18(13-8-10-14(26-2)11-9-13)17-19(23)15-6-4-5-7-16(15)25-20(17)21(22)24/h4-11,18H,3,12H2,1-2H3. The third-order valence-electron chi connectivity index (χ3n) is 4.77. The molecule has 1 atom stereocenters. The number of benzene rings is 2. The van der Waals surface area contributed by atoms with E-state index in [1.165, 1.54) is 0 Å². The van der Waals surface area contributed by atoms with Gasteiger partial charge in [0.15, 0.2) is 5.43 Å². The Morgan fingerprint density at radius 1 is 1.08 bits per heavy atom. The molecular weight excluding hydrogens is 346 g/mol. The quantitative estimate of drug-likeness (QED) is 0.640. The molecule has 1 aliphatic rings. The Balaban J connectivity index is 1.96. The summed E-state index contributed by atoms with van der Waals surface area (Å²) in [5.74, 6) is -0.0234. The van der Waals surface area contributed by atoms with Crippen molar-refractivity contribution >= 4 is 28.6 Å². The Labute approximate surface area is 155 Å². The number of hydrogen-bond acceptors (Lipinski definition) is 4. The minimum Gasteiger partial charge on any atom is -0.450 e. The van der Waals surface area contributed by atoms with Crippen molar-refractivity contribution in [3.8, 4) is 0 Å². The second-order valence-electron chi connectivity index (χ2n) is 6.34. The average molecular weight is 365 g/mol. The van der Waals surface area contributed by atoms with E-state index in [0.717, 1.165) is 16.9 Å². The monoisotopic (exact) mass is 365 g/mol. The maximum Gasteiger partial charge on any atom is 0.290 e. The molecule has 3 aromatic rings. The lowest BCUT2D eigenvalue weighted by atomic mass is 9.98. The number of hydrogen-bond donors (Lipinski definition) is 0. The number of carbonyl (C=O) groups is 1. The van der Waals surface area contributed by atoms with Crippen molar-refractivity contribution in [2.45, 2.75) is 24.3 Å². The summed E-state index contributed by atoms with van der Waals surface area (Å²) in [5.41, 5.74) is 1.73. The molecule has 0 fully saturated rings. The molecule has 0 bridgehead atoms. The van der Waals surface area contributed by atoms with Crippen LogP contribution in [0.15, 0.2) is 62.6 Å². The second-order valence-corrected chi connectivity index (χ2v) is 7.22. The topological polar surface area (TPSA) is 50.5 Å². The molecule has 1 amide bonds. The molecule has 2 heterocycles. The largest absolute Gasteiger partial charge is 0.450 e. The van der Waals surface area contributed by atoms with Gasteiger partial charge >= 0.3 is 0 Å². The van der Waals surface area contributed by atoms with E-state index in [2.05, 4.69) is 0 Å². The lowest BCUT2D eigenvalue weighted by molar-refractivity contribution is 0.0728. The highest BCUT2D eigenvalue weighted by Crippen LogP contribution is 2.38. The smallest absolute Gasteiger partial charge is 0.290 e. The van der Waals surface area contributed by atoms with Gasteiger partial charge in [0.05, 0.1) is 17.0 Å². The second kappa shape index (κ2) is 6.65. The summed E-state index contributed by atoms with van der Waals surface area (Å²) >= 11 is 1.66. The summed E-state index contributed by atoms with van der Waals surface area (Å²) < 4.78 is 5.88. The first-order valence-corrected chi connectivity index (χ1v) is 9.88. The van der Waals surface area contributed by atoms with Crippen molar-refractivity contribution in [3.05, 3.63) is 75.6 Å². The van der Waals surface area contributed by atoms with Crippen LogP contribution >= 0.6 is 11.8 Å². The molecule has 2 aromatic carbocycles. The molecule has 0 saturated heterocycles. The predicted octanol–water partition coefficient (Wildman–Crippen LogP) is 4.47. The third-order valence-corrected chi connectivity index (χ3v) is 5.51. The predicted molar refractivity (Wildman–Crippen MR) is 104 cm³/mol. The Morgan fingerprint density at radius 2 is 1.81 bits per heavy atom. The van der Waals surface area contributed by atoms with Crippen LogP contribution in [0.2, 0.25) is 0 Å². The number of rotatable bonds is 4. The van der Waals surface area contributed by atoms with Crippen LogP contribution in [0, 0.1) is 0 Å². The highest BCUT2D eigenvalue weighted by atomic mass is 32.2. The van der Waals surface area contributed by atoms with Crippen molar-refractivity contribution in [2.24, 2.45) is 0 Å². The number of para-hydroxylation sites is 1. The molecule has 4 rings (SSSR count). The summed E-state index contributed by atoms with van der Waals surface area (Å²) in [7, 11) is 0. The zero-order valence-electron chi connectivity index (χ0n) is 14.7. The average Bonchev–Trinajstić information content (AvgIpc) is 2.95. The van der Waals surface area contributed by atoms with Crippen LogP contribution in [0.1, 0.15) is 41.1 Å². The number of amides is 1. The first kappa shape index (κ1) is 16.9. The number of thioether (sulfide) groups is 1. The lowest BCUT2D eigenvalue weighted by Gasteiger charge is -2.24. The summed E-state index contributed by atoms with van der Waals surface area (Å²) in [4.78, 5) is 29.1. The Kier molecular flexibility index (Phi) is 4.32. The fourth-order valence-electron chi connectivity index (χ4n) is 3.57. The van der Waals surface area contributed by atoms with Crippen molar-refractivity contribution in [3.63, 3.8) is 0 Å². The summed E-state index contributed by atoms with van der Waals surface area (Å²) in [5, 5.41) is 0.517. The van der Waals surface area contributed by atoms with Gasteiger partial charge in [-0.3, -0.25) is 9.59 Å². The van der Waals surface area contributed by atoms with E-state index in [1.54, 1.807) is 34.9 Å². The van der Waals surface area contributed by atoms with Crippen molar-refractivity contribution < 1.29 is 9.21 Å². The molecule has 1 aromatic heterocycles. The van der Waals surface area contributed by atoms with Gasteiger partial charge in [-0.1, -0.05) is 31.2 Å². The maximum absolute atomic E-state index is 13.2. The number of nitrogens with zero attached hydrogens (tertiary/aromatic N) is 1. The fourth-order valence-corrected chi connectivity index (χ4v) is 3.98. The van der Waals surface area contributed by atoms with Crippen LogP contribution in [0.5, 0.6) is 0 Å². The highest BCUT2D eigenvalue weighted by molar-refractivity contribution is 7.98.